The van der Waals surface area contributed by atoms with Crippen LogP contribution < -0.4 is 0 Å². The van der Waals surface area contributed by atoms with Crippen LogP contribution in [0.5, 0.6) is 0 Å². The fraction of sp³-hybridized carbons (Fsp3) is 0.450. The SMILES string of the molecule is CCCCC[C@H](C(=O)OC)[C@H](C(=O)OC)c1cc(C#N)c(C#N)cc1C#N. The summed E-state index contributed by atoms with van der Waals surface area (Å²) in [5, 5.41) is 27.9. The van der Waals surface area contributed by atoms with Gasteiger partial charge >= 0.3 is 11.9 Å². The first-order chi connectivity index (χ1) is 13.0. The summed E-state index contributed by atoms with van der Waals surface area (Å²) in [5.41, 5.74) is 0.289. The molecule has 0 aliphatic rings. The Bertz CT molecular complexity index is 827. The Kier molecular flexibility index (Phi) is 8.49. The highest BCUT2D eigenvalue weighted by molar-refractivity contribution is 5.87. The number of nitrogens with zero attached hydrogens (tertiary/aromatic N) is 3. The van der Waals surface area contributed by atoms with E-state index in [0.717, 1.165) is 12.8 Å². The molecule has 0 bridgehead atoms. The Labute approximate surface area is 158 Å². The van der Waals surface area contributed by atoms with E-state index in [-0.39, 0.29) is 22.3 Å². The predicted molar refractivity (Wildman–Crippen MR) is 95.0 cm³/mol. The normalized spacial score (nSPS) is 12.0. The molecule has 0 aliphatic carbocycles. The third-order valence-corrected chi connectivity index (χ3v) is 4.37. The van der Waals surface area contributed by atoms with Gasteiger partial charge in [0.05, 0.1) is 48.8 Å². The van der Waals surface area contributed by atoms with Crippen LogP contribution in [0.1, 0.15) is 60.8 Å². The van der Waals surface area contributed by atoms with E-state index >= 15 is 0 Å². The summed E-state index contributed by atoms with van der Waals surface area (Å²) in [7, 11) is 2.42. The lowest BCUT2D eigenvalue weighted by Crippen LogP contribution is -2.31. The van der Waals surface area contributed by atoms with Crippen LogP contribution in [0.25, 0.3) is 0 Å². The quantitative estimate of drug-likeness (QED) is 0.511. The van der Waals surface area contributed by atoms with Gasteiger partial charge in [0.25, 0.3) is 0 Å². The molecule has 1 aromatic carbocycles. The second-order valence-electron chi connectivity index (χ2n) is 5.95. The van der Waals surface area contributed by atoms with Gasteiger partial charge in [0.15, 0.2) is 0 Å². The molecule has 0 saturated carbocycles. The molecule has 1 rings (SSSR count). The van der Waals surface area contributed by atoms with E-state index in [9.17, 15) is 20.1 Å². The van der Waals surface area contributed by atoms with Gasteiger partial charge < -0.3 is 9.47 Å². The summed E-state index contributed by atoms with van der Waals surface area (Å²) in [6.07, 6.45) is 2.85. The average Bonchev–Trinajstić information content (AvgIpc) is 2.71. The van der Waals surface area contributed by atoms with Crippen LogP contribution in [0.15, 0.2) is 12.1 Å². The lowest BCUT2D eigenvalue weighted by molar-refractivity contribution is -0.154. The van der Waals surface area contributed by atoms with E-state index in [1.54, 1.807) is 0 Å². The number of hydrogen-bond acceptors (Lipinski definition) is 7. The first-order valence-electron chi connectivity index (χ1n) is 8.52. The Morgan fingerprint density at radius 2 is 1.48 bits per heavy atom. The number of hydrogen-bond donors (Lipinski definition) is 0. The fourth-order valence-electron chi connectivity index (χ4n) is 2.98. The van der Waals surface area contributed by atoms with Gasteiger partial charge in [-0.15, -0.1) is 0 Å². The van der Waals surface area contributed by atoms with E-state index in [4.69, 9.17) is 14.7 Å². The van der Waals surface area contributed by atoms with Crippen LogP contribution in [0.4, 0.5) is 0 Å². The number of nitriles is 3. The second kappa shape index (κ2) is 10.6. The largest absolute Gasteiger partial charge is 0.469 e. The number of benzene rings is 1. The zero-order chi connectivity index (χ0) is 20.4. The molecule has 0 N–H and O–H groups in total. The van der Waals surface area contributed by atoms with Gasteiger partial charge in [-0.25, -0.2) is 0 Å². The highest BCUT2D eigenvalue weighted by Crippen LogP contribution is 2.34. The number of unbranched alkanes of at least 4 members (excludes halogenated alkanes) is 2. The molecule has 0 aliphatic heterocycles. The molecule has 7 heteroatoms. The molecule has 0 heterocycles. The molecule has 0 amide bonds. The van der Waals surface area contributed by atoms with Crippen molar-refractivity contribution in [1.29, 1.82) is 15.8 Å². The van der Waals surface area contributed by atoms with Crippen LogP contribution in [0.2, 0.25) is 0 Å². The first-order valence-corrected chi connectivity index (χ1v) is 8.52. The number of methoxy groups -OCH3 is 2. The summed E-state index contributed by atoms with van der Waals surface area (Å²) >= 11 is 0. The number of ether oxygens (including phenoxy) is 2. The van der Waals surface area contributed by atoms with Gasteiger partial charge in [-0.1, -0.05) is 26.2 Å². The zero-order valence-corrected chi connectivity index (χ0v) is 15.6. The molecule has 7 nitrogen and oxygen atoms in total. The van der Waals surface area contributed by atoms with Crippen molar-refractivity contribution in [2.75, 3.05) is 14.2 Å². The van der Waals surface area contributed by atoms with Gasteiger partial charge in [0.1, 0.15) is 12.1 Å². The lowest BCUT2D eigenvalue weighted by atomic mass is 9.79. The van der Waals surface area contributed by atoms with Crippen molar-refractivity contribution in [3.63, 3.8) is 0 Å². The summed E-state index contributed by atoms with van der Waals surface area (Å²) < 4.78 is 9.74. The molecular formula is C20H21N3O4. The van der Waals surface area contributed by atoms with E-state index < -0.39 is 23.8 Å². The lowest BCUT2D eigenvalue weighted by Gasteiger charge is -2.24. The minimum absolute atomic E-state index is 0.0255. The maximum Gasteiger partial charge on any atom is 0.314 e. The highest BCUT2D eigenvalue weighted by atomic mass is 16.5. The van der Waals surface area contributed by atoms with Crippen LogP contribution >= 0.6 is 0 Å². The predicted octanol–water partition coefficient (Wildman–Crippen LogP) is 2.93. The molecular weight excluding hydrogens is 346 g/mol. The number of esters is 2. The molecule has 27 heavy (non-hydrogen) atoms. The van der Waals surface area contributed by atoms with Crippen LogP contribution in [0.3, 0.4) is 0 Å². The van der Waals surface area contributed by atoms with Crippen LogP contribution in [0, 0.1) is 39.9 Å². The average molecular weight is 367 g/mol. The van der Waals surface area contributed by atoms with Crippen molar-refractivity contribution >= 4 is 11.9 Å². The van der Waals surface area contributed by atoms with E-state index in [0.29, 0.717) is 12.8 Å². The summed E-state index contributed by atoms with van der Waals surface area (Å²) in [4.78, 5) is 24.9. The summed E-state index contributed by atoms with van der Waals surface area (Å²) in [6.45, 7) is 2.01. The molecule has 0 unspecified atom stereocenters. The summed E-state index contributed by atoms with van der Waals surface area (Å²) in [6, 6.07) is 8.25. The number of carbonyl (C=O) groups excluding carboxylic acids is 2. The topological polar surface area (TPSA) is 124 Å². The number of carbonyl (C=O) groups is 2. The minimum atomic E-state index is -1.10. The van der Waals surface area contributed by atoms with E-state index in [2.05, 4.69) is 0 Å². The minimum Gasteiger partial charge on any atom is -0.469 e. The van der Waals surface area contributed by atoms with E-state index in [1.807, 2.05) is 25.1 Å². The maximum atomic E-state index is 12.5. The van der Waals surface area contributed by atoms with Gasteiger partial charge in [0, 0.05) is 0 Å². The molecule has 140 valence electrons. The standard InChI is InChI=1S/C20H21N3O4/c1-4-5-6-7-16(19(24)26-2)18(20(25)27-3)17-9-14(11-22)13(10-21)8-15(17)12-23/h8-9,16,18H,4-7H2,1-3H3/t16-,18-/m0/s1. The molecule has 0 aromatic heterocycles. The van der Waals surface area contributed by atoms with Crippen LogP contribution in [-0.2, 0) is 19.1 Å². The van der Waals surface area contributed by atoms with Crippen molar-refractivity contribution in [2.45, 2.75) is 38.5 Å². The summed E-state index contributed by atoms with van der Waals surface area (Å²) in [5.74, 6) is -3.25. The Morgan fingerprint density at radius 3 is 1.96 bits per heavy atom. The smallest absolute Gasteiger partial charge is 0.314 e. The Balaban J connectivity index is 3.60. The molecule has 2 atom stereocenters. The van der Waals surface area contributed by atoms with Gasteiger partial charge in [-0.3, -0.25) is 9.59 Å². The maximum absolute atomic E-state index is 12.5. The van der Waals surface area contributed by atoms with Gasteiger partial charge in [0.2, 0.25) is 0 Å². The third kappa shape index (κ3) is 5.06. The first kappa shape index (κ1) is 21.7. The fourth-order valence-corrected chi connectivity index (χ4v) is 2.98. The molecule has 0 fully saturated rings. The number of rotatable bonds is 8. The Hall–Kier alpha value is -3.37. The molecule has 1 aromatic rings. The molecule has 0 radical (unpaired) electrons. The van der Waals surface area contributed by atoms with Crippen molar-refractivity contribution in [2.24, 2.45) is 5.92 Å². The van der Waals surface area contributed by atoms with Gasteiger partial charge in [-0.2, -0.15) is 15.8 Å². The van der Waals surface area contributed by atoms with Crippen molar-refractivity contribution in [3.8, 4) is 18.2 Å². The van der Waals surface area contributed by atoms with Crippen LogP contribution in [-0.4, -0.2) is 26.2 Å². The molecule has 0 saturated heterocycles. The second-order valence-corrected chi connectivity index (χ2v) is 5.95. The Morgan fingerprint density at radius 1 is 0.926 bits per heavy atom. The monoisotopic (exact) mass is 367 g/mol. The van der Waals surface area contributed by atoms with Gasteiger partial charge in [-0.05, 0) is 24.1 Å². The zero-order valence-electron chi connectivity index (χ0n) is 15.6. The van der Waals surface area contributed by atoms with E-state index in [1.165, 1.54) is 26.4 Å². The van der Waals surface area contributed by atoms with Crippen molar-refractivity contribution in [1.82, 2.24) is 0 Å². The third-order valence-electron chi connectivity index (χ3n) is 4.37. The molecule has 0 spiro atoms. The highest BCUT2D eigenvalue weighted by Gasteiger charge is 2.38. The van der Waals surface area contributed by atoms with Crippen molar-refractivity contribution in [3.05, 3.63) is 34.4 Å². The van der Waals surface area contributed by atoms with Crippen molar-refractivity contribution < 1.29 is 19.1 Å².